The summed E-state index contributed by atoms with van der Waals surface area (Å²) in [7, 11) is 0. The van der Waals surface area contributed by atoms with E-state index in [0.29, 0.717) is 50.8 Å². The number of hydrogen-bond donors (Lipinski definition) is 1. The lowest BCUT2D eigenvalue weighted by Gasteiger charge is -2.30. The Kier molecular flexibility index (Phi) is 8.01. The Labute approximate surface area is 250 Å². The Hall–Kier alpha value is -2.85. The van der Waals surface area contributed by atoms with Gasteiger partial charge in [0.05, 0.1) is 24.8 Å². The molecule has 3 aliphatic heterocycles. The van der Waals surface area contributed by atoms with Gasteiger partial charge in [-0.1, -0.05) is 49.6 Å². The second kappa shape index (κ2) is 12.0. The monoisotopic (exact) mass is 588 g/mol. The van der Waals surface area contributed by atoms with E-state index in [0.717, 1.165) is 44.3 Å². The molecule has 0 radical (unpaired) electrons. The van der Waals surface area contributed by atoms with Crippen LogP contribution >= 0.6 is 0 Å². The predicted molar refractivity (Wildman–Crippen MR) is 164 cm³/mol. The zero-order chi connectivity index (χ0) is 28.6. The van der Waals surface area contributed by atoms with Crippen LogP contribution in [0, 0.1) is 5.92 Å². The molecule has 1 saturated carbocycles. The summed E-state index contributed by atoms with van der Waals surface area (Å²) >= 11 is -1.54. The molecule has 2 atom stereocenters. The summed E-state index contributed by atoms with van der Waals surface area (Å²) in [5.74, 6) is 0.0867. The number of rotatable bonds is 5. The van der Waals surface area contributed by atoms with Crippen molar-refractivity contribution in [2.45, 2.75) is 63.8 Å². The highest BCUT2D eigenvalue weighted by molar-refractivity contribution is 7.87. The van der Waals surface area contributed by atoms with Crippen molar-refractivity contribution in [1.29, 1.82) is 0 Å². The van der Waals surface area contributed by atoms with E-state index in [-0.39, 0.29) is 17.7 Å². The summed E-state index contributed by atoms with van der Waals surface area (Å²) in [6.45, 7) is 4.45. The van der Waals surface area contributed by atoms with Crippen molar-refractivity contribution in [3.63, 3.8) is 0 Å². The van der Waals surface area contributed by atoms with Crippen molar-refractivity contribution in [2.75, 3.05) is 39.4 Å². The summed E-state index contributed by atoms with van der Waals surface area (Å²) in [5, 5.41) is 1.17. The molecule has 3 fully saturated rings. The first kappa shape index (κ1) is 28.0. The molecule has 4 heterocycles. The quantitative estimate of drug-likeness (QED) is 0.433. The first-order valence-electron chi connectivity index (χ1n) is 15.7. The minimum absolute atomic E-state index is 0.178. The standard InChI is InChI=1S/C33H40N4O4S/c38-32(34-42(40)36-14-6-7-15-36)25-12-13-28-29(21-25)37-22-26(33(39)35-16-18-41-19-17-35)20-24-10-4-5-11-27(24)31(37)30(28)23-8-2-1-3-9-23/h4-5,10-13,21,23,26H,1-3,6-9,14-20,22H2,(H,34,38). The maximum Gasteiger partial charge on any atom is 0.293 e. The molecule has 2 unspecified atom stereocenters. The molecule has 0 spiro atoms. The number of hydrogen-bond acceptors (Lipinski definition) is 5. The number of benzene rings is 2. The van der Waals surface area contributed by atoms with Crippen LogP contribution in [0.5, 0.6) is 0 Å². The normalized spacial score (nSPS) is 22.4. The highest BCUT2D eigenvalue weighted by Crippen LogP contribution is 2.46. The molecule has 2 saturated heterocycles. The molecule has 9 heteroatoms. The molecular formula is C33H40N4O4S. The molecule has 1 N–H and O–H groups in total. The van der Waals surface area contributed by atoms with Crippen molar-refractivity contribution in [1.82, 2.24) is 18.5 Å². The molecule has 4 aliphatic rings. The molecule has 2 amide bonds. The van der Waals surface area contributed by atoms with Crippen molar-refractivity contribution in [3.8, 4) is 11.3 Å². The van der Waals surface area contributed by atoms with Crippen LogP contribution in [0.15, 0.2) is 42.5 Å². The number of nitrogens with zero attached hydrogens (tertiary/aromatic N) is 3. The topological polar surface area (TPSA) is 89.9 Å². The van der Waals surface area contributed by atoms with Gasteiger partial charge in [0.2, 0.25) is 5.91 Å². The van der Waals surface area contributed by atoms with Crippen molar-refractivity contribution < 1.29 is 18.9 Å². The second-order valence-electron chi connectivity index (χ2n) is 12.3. The number of amides is 2. The van der Waals surface area contributed by atoms with Crippen LogP contribution in [0.4, 0.5) is 0 Å². The first-order chi connectivity index (χ1) is 20.6. The predicted octanol–water partition coefficient (Wildman–Crippen LogP) is 4.79. The number of ether oxygens (including phenoxy) is 1. The smallest absolute Gasteiger partial charge is 0.293 e. The average Bonchev–Trinajstić information content (AvgIpc) is 3.64. The Morgan fingerprint density at radius 1 is 0.929 bits per heavy atom. The molecule has 2 aromatic carbocycles. The van der Waals surface area contributed by atoms with Gasteiger partial charge in [-0.3, -0.25) is 9.59 Å². The molecule has 0 bridgehead atoms. The lowest BCUT2D eigenvalue weighted by molar-refractivity contribution is -0.140. The summed E-state index contributed by atoms with van der Waals surface area (Å²) in [6, 6.07) is 14.5. The van der Waals surface area contributed by atoms with E-state index in [9.17, 15) is 14.1 Å². The number of morpholine rings is 1. The maximum absolute atomic E-state index is 13.9. The van der Waals surface area contributed by atoms with E-state index in [2.05, 4.69) is 39.6 Å². The van der Waals surface area contributed by atoms with Gasteiger partial charge < -0.3 is 18.8 Å². The molecule has 42 heavy (non-hydrogen) atoms. The van der Waals surface area contributed by atoms with Crippen molar-refractivity contribution in [2.24, 2.45) is 5.92 Å². The van der Waals surface area contributed by atoms with Gasteiger partial charge in [0.25, 0.3) is 5.91 Å². The fraction of sp³-hybridized carbons (Fsp3) is 0.515. The van der Waals surface area contributed by atoms with Crippen LogP contribution in [0.3, 0.4) is 0 Å². The third-order valence-corrected chi connectivity index (χ3v) is 10.9. The van der Waals surface area contributed by atoms with Gasteiger partial charge in [-0.25, -0.2) is 0 Å². The van der Waals surface area contributed by atoms with E-state index >= 15 is 0 Å². The van der Waals surface area contributed by atoms with E-state index in [1.807, 2.05) is 21.3 Å². The van der Waals surface area contributed by atoms with Crippen LogP contribution < -0.4 is 4.72 Å². The lowest BCUT2D eigenvalue weighted by Crippen LogP contribution is -2.45. The van der Waals surface area contributed by atoms with E-state index in [1.165, 1.54) is 47.0 Å². The third kappa shape index (κ3) is 5.25. The van der Waals surface area contributed by atoms with E-state index in [1.54, 1.807) is 0 Å². The number of carbonyl (C=O) groups excluding carboxylic acids is 2. The minimum Gasteiger partial charge on any atom is -0.573 e. The Bertz CT molecular complexity index is 1470. The molecule has 1 aromatic heterocycles. The average molecular weight is 589 g/mol. The SMILES string of the molecule is O=C(N[S+]([O-])N1CCCC1)c1ccc2c(C3CCCCC3)c3n(c2c1)CC(C(=O)N1CCOCC1)Cc1ccccc1-3. The second-order valence-corrected chi connectivity index (χ2v) is 13.5. The summed E-state index contributed by atoms with van der Waals surface area (Å²) < 4.78 is 25.3. The number of aromatic nitrogens is 1. The van der Waals surface area contributed by atoms with Crippen LogP contribution in [0.2, 0.25) is 0 Å². The molecule has 8 nitrogen and oxygen atoms in total. The van der Waals surface area contributed by atoms with Gasteiger partial charge in [0.15, 0.2) is 11.5 Å². The molecule has 222 valence electrons. The fourth-order valence-electron chi connectivity index (χ4n) is 7.55. The molecule has 1 aliphatic carbocycles. The maximum atomic E-state index is 13.9. The van der Waals surface area contributed by atoms with E-state index in [4.69, 9.17) is 4.74 Å². The Balaban J connectivity index is 1.34. The van der Waals surface area contributed by atoms with Gasteiger partial charge in [-0.2, -0.15) is 0 Å². The van der Waals surface area contributed by atoms with E-state index < -0.39 is 11.5 Å². The van der Waals surface area contributed by atoms with Gasteiger partial charge >= 0.3 is 0 Å². The summed E-state index contributed by atoms with van der Waals surface area (Å²) in [4.78, 5) is 29.3. The van der Waals surface area contributed by atoms with Crippen LogP contribution in [0.25, 0.3) is 22.2 Å². The Morgan fingerprint density at radius 3 is 2.48 bits per heavy atom. The number of nitrogens with one attached hydrogen (secondary N) is 1. The van der Waals surface area contributed by atoms with Gasteiger partial charge in [-0.15, -0.1) is 9.03 Å². The van der Waals surface area contributed by atoms with Gasteiger partial charge in [-0.05, 0) is 61.3 Å². The van der Waals surface area contributed by atoms with Gasteiger partial charge in [0.1, 0.15) is 0 Å². The highest BCUT2D eigenvalue weighted by Gasteiger charge is 2.35. The highest BCUT2D eigenvalue weighted by atomic mass is 32.2. The van der Waals surface area contributed by atoms with Crippen molar-refractivity contribution >= 4 is 34.3 Å². The Morgan fingerprint density at radius 2 is 1.69 bits per heavy atom. The van der Waals surface area contributed by atoms with Crippen LogP contribution in [-0.4, -0.2) is 69.5 Å². The number of fused-ring (bicyclic) bond motifs is 5. The largest absolute Gasteiger partial charge is 0.573 e. The number of carbonyl (C=O) groups is 2. The van der Waals surface area contributed by atoms with Gasteiger partial charge in [0, 0.05) is 54.8 Å². The molecule has 7 rings (SSSR count). The first-order valence-corrected chi connectivity index (χ1v) is 16.8. The summed E-state index contributed by atoms with van der Waals surface area (Å²) in [6.07, 6.45) is 8.71. The third-order valence-electron chi connectivity index (χ3n) is 9.67. The van der Waals surface area contributed by atoms with Crippen LogP contribution in [0.1, 0.15) is 72.3 Å². The minimum atomic E-state index is -1.54. The zero-order valence-corrected chi connectivity index (χ0v) is 25.0. The van der Waals surface area contributed by atoms with Crippen molar-refractivity contribution in [3.05, 3.63) is 59.2 Å². The fourth-order valence-corrected chi connectivity index (χ4v) is 8.54. The summed E-state index contributed by atoms with van der Waals surface area (Å²) in [5.41, 5.74) is 6.47. The molecular weight excluding hydrogens is 548 g/mol. The lowest BCUT2D eigenvalue weighted by atomic mass is 9.81. The van der Waals surface area contributed by atoms with Crippen LogP contribution in [-0.2, 0) is 34.0 Å². The zero-order valence-electron chi connectivity index (χ0n) is 24.2. The molecule has 3 aromatic rings.